The Morgan fingerprint density at radius 2 is 1.90 bits per heavy atom. The van der Waals surface area contributed by atoms with Crippen molar-refractivity contribution in [2.75, 3.05) is 32.8 Å². The molecular formula is C15H23ClF2N2O. The number of halogens is 3. The van der Waals surface area contributed by atoms with Crippen LogP contribution in [0.5, 0.6) is 0 Å². The molecule has 1 aliphatic heterocycles. The molecule has 0 radical (unpaired) electrons. The van der Waals surface area contributed by atoms with Gasteiger partial charge >= 0.3 is 0 Å². The van der Waals surface area contributed by atoms with Crippen LogP contribution in [0.4, 0.5) is 8.78 Å². The largest absolute Gasteiger partial charge is 0.396 e. The lowest BCUT2D eigenvalue weighted by atomic mass is 9.79. The van der Waals surface area contributed by atoms with E-state index >= 15 is 0 Å². The molecule has 0 saturated carbocycles. The van der Waals surface area contributed by atoms with Crippen LogP contribution in [0.2, 0.25) is 0 Å². The molecule has 0 amide bonds. The maximum absolute atomic E-state index is 14.2. The van der Waals surface area contributed by atoms with Gasteiger partial charge < -0.3 is 10.4 Å². The summed E-state index contributed by atoms with van der Waals surface area (Å²) in [5.74, 6) is -0.869. The highest BCUT2D eigenvalue weighted by molar-refractivity contribution is 5.85. The first-order valence-corrected chi connectivity index (χ1v) is 6.96. The molecule has 1 fully saturated rings. The minimum atomic E-state index is -0.550. The molecular weight excluding hydrogens is 298 g/mol. The van der Waals surface area contributed by atoms with Gasteiger partial charge in [-0.15, -0.1) is 12.4 Å². The molecule has 1 heterocycles. The van der Waals surface area contributed by atoms with Crippen molar-refractivity contribution in [2.24, 2.45) is 5.41 Å². The third-order valence-corrected chi connectivity index (χ3v) is 3.92. The molecule has 3 nitrogen and oxygen atoms in total. The summed E-state index contributed by atoms with van der Waals surface area (Å²) in [7, 11) is 0. The molecule has 0 aromatic heterocycles. The van der Waals surface area contributed by atoms with E-state index in [1.165, 1.54) is 6.07 Å². The lowest BCUT2D eigenvalue weighted by molar-refractivity contribution is 0.0285. The van der Waals surface area contributed by atoms with Crippen LogP contribution in [0.3, 0.4) is 0 Å². The van der Waals surface area contributed by atoms with Gasteiger partial charge in [0.15, 0.2) is 0 Å². The highest BCUT2D eigenvalue weighted by Gasteiger charge is 2.37. The smallest absolute Gasteiger partial charge is 0.128 e. The molecule has 0 aliphatic carbocycles. The third-order valence-electron chi connectivity index (χ3n) is 3.92. The molecule has 21 heavy (non-hydrogen) atoms. The summed E-state index contributed by atoms with van der Waals surface area (Å²) in [4.78, 5) is 2.12. The second-order valence-corrected chi connectivity index (χ2v) is 6.00. The van der Waals surface area contributed by atoms with E-state index in [1.807, 2.05) is 13.8 Å². The van der Waals surface area contributed by atoms with Gasteiger partial charge in [-0.1, -0.05) is 13.8 Å². The van der Waals surface area contributed by atoms with Gasteiger partial charge in [-0.3, -0.25) is 4.90 Å². The fourth-order valence-corrected chi connectivity index (χ4v) is 2.86. The molecule has 0 bridgehead atoms. The van der Waals surface area contributed by atoms with Crippen LogP contribution in [0.25, 0.3) is 0 Å². The van der Waals surface area contributed by atoms with Crippen LogP contribution in [0.15, 0.2) is 18.2 Å². The molecule has 1 aliphatic rings. The van der Waals surface area contributed by atoms with Crippen LogP contribution >= 0.6 is 12.4 Å². The topological polar surface area (TPSA) is 35.5 Å². The highest BCUT2D eigenvalue weighted by atomic mass is 35.5. The molecule has 1 aromatic carbocycles. The summed E-state index contributed by atoms with van der Waals surface area (Å²) in [6.07, 6.45) is 0. The molecule has 1 atom stereocenters. The van der Waals surface area contributed by atoms with E-state index in [2.05, 4.69) is 10.2 Å². The van der Waals surface area contributed by atoms with Crippen molar-refractivity contribution >= 4 is 12.4 Å². The Bertz CT molecular complexity index is 465. The van der Waals surface area contributed by atoms with Gasteiger partial charge in [0.1, 0.15) is 11.6 Å². The Morgan fingerprint density at radius 3 is 2.48 bits per heavy atom. The molecule has 1 saturated heterocycles. The SMILES string of the molecule is CC(C)(CO)[C@H](c1cc(F)ccc1F)N1CCNCC1.Cl. The minimum Gasteiger partial charge on any atom is -0.396 e. The number of rotatable bonds is 4. The molecule has 1 aromatic rings. The van der Waals surface area contributed by atoms with Crippen molar-refractivity contribution in [2.45, 2.75) is 19.9 Å². The molecule has 120 valence electrons. The summed E-state index contributed by atoms with van der Waals surface area (Å²) >= 11 is 0. The van der Waals surface area contributed by atoms with Gasteiger partial charge in [0, 0.05) is 49.8 Å². The minimum absolute atomic E-state index is 0. The monoisotopic (exact) mass is 320 g/mol. The van der Waals surface area contributed by atoms with E-state index < -0.39 is 17.0 Å². The molecule has 2 rings (SSSR count). The van der Waals surface area contributed by atoms with Gasteiger partial charge in [-0.25, -0.2) is 8.78 Å². The first-order valence-electron chi connectivity index (χ1n) is 6.96. The average molecular weight is 321 g/mol. The van der Waals surface area contributed by atoms with Crippen molar-refractivity contribution in [1.82, 2.24) is 10.2 Å². The zero-order valence-corrected chi connectivity index (χ0v) is 13.2. The first kappa shape index (κ1) is 18.3. The second kappa shape index (κ2) is 7.49. The average Bonchev–Trinajstić information content (AvgIpc) is 2.44. The Kier molecular flexibility index (Phi) is 6.53. The van der Waals surface area contributed by atoms with Crippen molar-refractivity contribution in [3.05, 3.63) is 35.4 Å². The lowest BCUT2D eigenvalue weighted by Gasteiger charge is -2.43. The third kappa shape index (κ3) is 4.13. The van der Waals surface area contributed by atoms with Gasteiger partial charge in [-0.05, 0) is 18.2 Å². The first-order chi connectivity index (χ1) is 9.45. The predicted octanol–water partition coefficient (Wildman–Crippen LogP) is 2.35. The number of benzene rings is 1. The second-order valence-electron chi connectivity index (χ2n) is 6.00. The Labute approximate surface area is 130 Å². The maximum Gasteiger partial charge on any atom is 0.128 e. The van der Waals surface area contributed by atoms with Crippen molar-refractivity contribution in [1.29, 1.82) is 0 Å². The van der Waals surface area contributed by atoms with Crippen LogP contribution in [0.1, 0.15) is 25.5 Å². The quantitative estimate of drug-likeness (QED) is 0.894. The van der Waals surface area contributed by atoms with E-state index in [0.717, 1.165) is 38.3 Å². The predicted molar refractivity (Wildman–Crippen MR) is 81.7 cm³/mol. The van der Waals surface area contributed by atoms with Crippen molar-refractivity contribution in [3.8, 4) is 0 Å². The van der Waals surface area contributed by atoms with E-state index in [-0.39, 0.29) is 25.1 Å². The fourth-order valence-electron chi connectivity index (χ4n) is 2.86. The van der Waals surface area contributed by atoms with E-state index in [1.54, 1.807) is 0 Å². The van der Waals surface area contributed by atoms with Gasteiger partial charge in [0.25, 0.3) is 0 Å². The Hall–Kier alpha value is -0.750. The Morgan fingerprint density at radius 1 is 1.29 bits per heavy atom. The molecule has 0 unspecified atom stereocenters. The van der Waals surface area contributed by atoms with Crippen molar-refractivity contribution in [3.63, 3.8) is 0 Å². The highest BCUT2D eigenvalue weighted by Crippen LogP contribution is 2.39. The van der Waals surface area contributed by atoms with Crippen LogP contribution < -0.4 is 5.32 Å². The van der Waals surface area contributed by atoms with E-state index in [4.69, 9.17) is 0 Å². The summed E-state index contributed by atoms with van der Waals surface area (Å²) < 4.78 is 27.7. The summed E-state index contributed by atoms with van der Waals surface area (Å²) in [5, 5.41) is 12.9. The summed E-state index contributed by atoms with van der Waals surface area (Å²) in [6.45, 7) is 6.81. The Balaban J connectivity index is 0.00000220. The lowest BCUT2D eigenvalue weighted by Crippen LogP contribution is -2.49. The summed E-state index contributed by atoms with van der Waals surface area (Å²) in [6, 6.07) is 3.19. The number of nitrogens with one attached hydrogen (secondary N) is 1. The summed E-state index contributed by atoms with van der Waals surface area (Å²) in [5.41, 5.74) is -0.225. The molecule has 2 N–H and O–H groups in total. The fraction of sp³-hybridized carbons (Fsp3) is 0.600. The van der Waals surface area contributed by atoms with E-state index in [9.17, 15) is 13.9 Å². The number of nitrogens with zero attached hydrogens (tertiary/aromatic N) is 1. The van der Waals surface area contributed by atoms with Crippen molar-refractivity contribution < 1.29 is 13.9 Å². The van der Waals surface area contributed by atoms with Crippen LogP contribution in [-0.4, -0.2) is 42.8 Å². The number of hydrogen-bond donors (Lipinski definition) is 2. The maximum atomic E-state index is 14.2. The van der Waals surface area contributed by atoms with Crippen LogP contribution in [-0.2, 0) is 0 Å². The number of aliphatic hydroxyl groups is 1. The normalized spacial score (nSPS) is 18.1. The van der Waals surface area contributed by atoms with Crippen LogP contribution in [0, 0.1) is 17.0 Å². The molecule has 0 spiro atoms. The number of aliphatic hydroxyl groups excluding tert-OH is 1. The van der Waals surface area contributed by atoms with E-state index in [0.29, 0.717) is 5.56 Å². The zero-order chi connectivity index (χ0) is 14.8. The number of piperazine rings is 1. The molecule has 6 heteroatoms. The van der Waals surface area contributed by atoms with Gasteiger partial charge in [-0.2, -0.15) is 0 Å². The van der Waals surface area contributed by atoms with Gasteiger partial charge in [0.2, 0.25) is 0 Å². The zero-order valence-electron chi connectivity index (χ0n) is 12.4. The number of hydrogen-bond acceptors (Lipinski definition) is 3. The van der Waals surface area contributed by atoms with Gasteiger partial charge in [0.05, 0.1) is 0 Å². The standard InChI is InChI=1S/C15H22F2N2O.ClH/c1-15(2,10-20)14(19-7-5-18-6-8-19)12-9-11(16)3-4-13(12)17;/h3-4,9,14,18,20H,5-8,10H2,1-2H3;1H/t14-;/m0./s1.